The molecule has 92 valence electrons. The van der Waals surface area contributed by atoms with Crippen molar-refractivity contribution in [1.29, 1.82) is 0 Å². The maximum absolute atomic E-state index is 11.8. The second-order valence-electron chi connectivity index (χ2n) is 3.98. The number of nitrogens with two attached hydrogens (primary N) is 1. The molecule has 0 saturated carbocycles. The van der Waals surface area contributed by atoms with Gasteiger partial charge in [0.1, 0.15) is 17.1 Å². The molecule has 0 unspecified atom stereocenters. The van der Waals surface area contributed by atoms with Gasteiger partial charge in [0.2, 0.25) is 0 Å². The molecule has 4 nitrogen and oxygen atoms in total. The molecule has 0 aliphatic carbocycles. The standard InChI is InChI=1S/C14H13NO3/c1-9-3-2-4-11(7-9)18-14(17)12-6-5-10(15)8-13(12)16/h2-8,16H,15H2,1H3. The van der Waals surface area contributed by atoms with Gasteiger partial charge >= 0.3 is 5.97 Å². The van der Waals surface area contributed by atoms with Crippen LogP contribution in [0.5, 0.6) is 11.5 Å². The molecule has 0 spiro atoms. The van der Waals surface area contributed by atoms with Crippen molar-refractivity contribution in [3.63, 3.8) is 0 Å². The predicted octanol–water partition coefficient (Wildman–Crippen LogP) is 2.50. The molecule has 4 heteroatoms. The zero-order chi connectivity index (χ0) is 13.1. The summed E-state index contributed by atoms with van der Waals surface area (Å²) >= 11 is 0. The van der Waals surface area contributed by atoms with E-state index in [1.165, 1.54) is 18.2 Å². The van der Waals surface area contributed by atoms with Crippen LogP contribution in [0.1, 0.15) is 15.9 Å². The summed E-state index contributed by atoms with van der Waals surface area (Å²) in [7, 11) is 0. The van der Waals surface area contributed by atoms with E-state index in [0.29, 0.717) is 11.4 Å². The largest absolute Gasteiger partial charge is 0.507 e. The number of hydrogen-bond donors (Lipinski definition) is 2. The number of aryl methyl sites for hydroxylation is 1. The molecule has 0 atom stereocenters. The molecule has 0 saturated heterocycles. The van der Waals surface area contributed by atoms with Gasteiger partial charge in [0.05, 0.1) is 0 Å². The summed E-state index contributed by atoms with van der Waals surface area (Å²) in [4.78, 5) is 11.8. The number of nitrogen functional groups attached to an aromatic ring is 1. The average Bonchev–Trinajstić information content (AvgIpc) is 2.28. The summed E-state index contributed by atoms with van der Waals surface area (Å²) in [5, 5.41) is 9.61. The van der Waals surface area contributed by atoms with E-state index in [2.05, 4.69) is 0 Å². The fourth-order valence-corrected chi connectivity index (χ4v) is 1.56. The van der Waals surface area contributed by atoms with Gasteiger partial charge in [-0.2, -0.15) is 0 Å². The Morgan fingerprint density at radius 3 is 2.67 bits per heavy atom. The molecule has 2 rings (SSSR count). The van der Waals surface area contributed by atoms with Crippen LogP contribution in [0.4, 0.5) is 5.69 Å². The molecule has 0 radical (unpaired) electrons. The fourth-order valence-electron chi connectivity index (χ4n) is 1.56. The maximum atomic E-state index is 11.8. The third-order valence-corrected chi connectivity index (χ3v) is 2.44. The van der Waals surface area contributed by atoms with Crippen molar-refractivity contribution in [3.05, 3.63) is 53.6 Å². The Labute approximate surface area is 105 Å². The first kappa shape index (κ1) is 12.0. The van der Waals surface area contributed by atoms with Crippen LogP contribution in [0.15, 0.2) is 42.5 Å². The summed E-state index contributed by atoms with van der Waals surface area (Å²) < 4.78 is 5.16. The highest BCUT2D eigenvalue weighted by Gasteiger charge is 2.13. The van der Waals surface area contributed by atoms with Gasteiger partial charge in [-0.1, -0.05) is 12.1 Å². The third kappa shape index (κ3) is 2.60. The summed E-state index contributed by atoms with van der Waals surface area (Å²) in [6, 6.07) is 11.4. The Morgan fingerprint density at radius 1 is 1.22 bits per heavy atom. The topological polar surface area (TPSA) is 72.5 Å². The van der Waals surface area contributed by atoms with Crippen LogP contribution in [-0.4, -0.2) is 11.1 Å². The fraction of sp³-hybridized carbons (Fsp3) is 0.0714. The van der Waals surface area contributed by atoms with Crippen molar-refractivity contribution in [2.75, 3.05) is 5.73 Å². The van der Waals surface area contributed by atoms with Gasteiger partial charge in [-0.05, 0) is 36.8 Å². The lowest BCUT2D eigenvalue weighted by molar-refractivity contribution is 0.0731. The number of ether oxygens (including phenoxy) is 1. The van der Waals surface area contributed by atoms with Gasteiger partial charge in [-0.25, -0.2) is 4.79 Å². The molecule has 0 heterocycles. The van der Waals surface area contributed by atoms with Crippen LogP contribution >= 0.6 is 0 Å². The zero-order valence-corrected chi connectivity index (χ0v) is 9.88. The lowest BCUT2D eigenvalue weighted by Crippen LogP contribution is -2.09. The minimum Gasteiger partial charge on any atom is -0.507 e. The molecule has 0 aliphatic heterocycles. The molecule has 18 heavy (non-hydrogen) atoms. The van der Waals surface area contributed by atoms with Crippen molar-refractivity contribution < 1.29 is 14.6 Å². The number of anilines is 1. The number of rotatable bonds is 2. The maximum Gasteiger partial charge on any atom is 0.347 e. The van der Waals surface area contributed by atoms with Crippen LogP contribution in [0.3, 0.4) is 0 Å². The molecule has 2 aromatic carbocycles. The first-order valence-corrected chi connectivity index (χ1v) is 5.43. The first-order valence-electron chi connectivity index (χ1n) is 5.43. The first-order chi connectivity index (χ1) is 8.56. The van der Waals surface area contributed by atoms with Crippen molar-refractivity contribution in [2.45, 2.75) is 6.92 Å². The number of esters is 1. The number of carbonyl (C=O) groups is 1. The lowest BCUT2D eigenvalue weighted by atomic mass is 10.2. The number of carbonyl (C=O) groups excluding carboxylic acids is 1. The highest BCUT2D eigenvalue weighted by molar-refractivity contribution is 5.94. The normalized spacial score (nSPS) is 10.1. The summed E-state index contributed by atoms with van der Waals surface area (Å²) in [6.45, 7) is 1.90. The van der Waals surface area contributed by atoms with E-state index in [0.717, 1.165) is 5.56 Å². The Hall–Kier alpha value is -2.49. The van der Waals surface area contributed by atoms with Crippen LogP contribution in [0.2, 0.25) is 0 Å². The van der Waals surface area contributed by atoms with E-state index in [9.17, 15) is 9.90 Å². The molecule has 2 aromatic rings. The smallest absolute Gasteiger partial charge is 0.347 e. The van der Waals surface area contributed by atoms with E-state index in [1.54, 1.807) is 18.2 Å². The monoisotopic (exact) mass is 243 g/mol. The number of phenolic OH excluding ortho intramolecular Hbond substituents is 1. The average molecular weight is 243 g/mol. The SMILES string of the molecule is Cc1cccc(OC(=O)c2ccc(N)cc2O)c1. The van der Waals surface area contributed by atoms with E-state index in [-0.39, 0.29) is 11.3 Å². The quantitative estimate of drug-likeness (QED) is 0.483. The molecular weight excluding hydrogens is 230 g/mol. The minimum atomic E-state index is -0.613. The van der Waals surface area contributed by atoms with Gasteiger partial charge in [0, 0.05) is 11.8 Å². The van der Waals surface area contributed by atoms with Crippen molar-refractivity contribution in [1.82, 2.24) is 0 Å². The van der Waals surface area contributed by atoms with Crippen molar-refractivity contribution in [3.8, 4) is 11.5 Å². The molecular formula is C14H13NO3. The molecule has 0 fully saturated rings. The second-order valence-corrected chi connectivity index (χ2v) is 3.98. The van der Waals surface area contributed by atoms with E-state index in [1.807, 2.05) is 13.0 Å². The van der Waals surface area contributed by atoms with Crippen LogP contribution in [-0.2, 0) is 0 Å². The van der Waals surface area contributed by atoms with Crippen LogP contribution in [0, 0.1) is 6.92 Å². The predicted molar refractivity (Wildman–Crippen MR) is 68.7 cm³/mol. The summed E-state index contributed by atoms with van der Waals surface area (Å²) in [5.74, 6) is -0.359. The highest BCUT2D eigenvalue weighted by Crippen LogP contribution is 2.22. The summed E-state index contributed by atoms with van der Waals surface area (Å²) in [6.07, 6.45) is 0. The second kappa shape index (κ2) is 4.79. The molecule has 3 N–H and O–H groups in total. The Bertz CT molecular complexity index is 593. The van der Waals surface area contributed by atoms with Gasteiger partial charge < -0.3 is 15.6 Å². The van der Waals surface area contributed by atoms with Gasteiger partial charge in [-0.3, -0.25) is 0 Å². The van der Waals surface area contributed by atoms with Crippen molar-refractivity contribution in [2.24, 2.45) is 0 Å². The lowest BCUT2D eigenvalue weighted by Gasteiger charge is -2.06. The van der Waals surface area contributed by atoms with Gasteiger partial charge in [0.15, 0.2) is 0 Å². The Balaban J connectivity index is 2.22. The molecule has 0 aromatic heterocycles. The Morgan fingerprint density at radius 2 is 2.00 bits per heavy atom. The van der Waals surface area contributed by atoms with Crippen LogP contribution < -0.4 is 10.5 Å². The zero-order valence-electron chi connectivity index (χ0n) is 9.88. The van der Waals surface area contributed by atoms with Crippen LogP contribution in [0.25, 0.3) is 0 Å². The van der Waals surface area contributed by atoms with E-state index in [4.69, 9.17) is 10.5 Å². The van der Waals surface area contributed by atoms with Crippen molar-refractivity contribution >= 4 is 11.7 Å². The van der Waals surface area contributed by atoms with Gasteiger partial charge in [-0.15, -0.1) is 0 Å². The third-order valence-electron chi connectivity index (χ3n) is 2.44. The van der Waals surface area contributed by atoms with E-state index >= 15 is 0 Å². The molecule has 0 aliphatic rings. The molecule has 0 amide bonds. The minimum absolute atomic E-state index is 0.0886. The number of aromatic hydroxyl groups is 1. The Kier molecular flexibility index (Phi) is 3.19. The van der Waals surface area contributed by atoms with E-state index < -0.39 is 5.97 Å². The van der Waals surface area contributed by atoms with Gasteiger partial charge in [0.25, 0.3) is 0 Å². The highest BCUT2D eigenvalue weighted by atomic mass is 16.5. The molecule has 0 bridgehead atoms. The number of benzene rings is 2. The number of hydrogen-bond acceptors (Lipinski definition) is 4. The summed E-state index contributed by atoms with van der Waals surface area (Å²) in [5.41, 5.74) is 6.95. The number of phenols is 1.